The molecule has 0 amide bonds. The van der Waals surface area contributed by atoms with E-state index in [1.165, 1.54) is 0 Å². The summed E-state index contributed by atoms with van der Waals surface area (Å²) in [4.78, 5) is 15.6. The number of nitrogens with zero attached hydrogens (tertiary/aromatic N) is 3. The summed E-state index contributed by atoms with van der Waals surface area (Å²) < 4.78 is 43.8. The Morgan fingerprint density at radius 1 is 0.400 bits per heavy atom. The number of hydrogen-bond donors (Lipinski definition) is 0. The predicted octanol–water partition coefficient (Wildman–Crippen LogP) is 10.4. The maximum absolute atomic E-state index is 14.8. The molecular formula is C39H22F3N3. The summed E-state index contributed by atoms with van der Waals surface area (Å²) in [5.74, 6) is -4.07. The van der Waals surface area contributed by atoms with Gasteiger partial charge >= 0.3 is 0 Å². The van der Waals surface area contributed by atoms with Crippen molar-refractivity contribution in [1.82, 2.24) is 15.0 Å². The van der Waals surface area contributed by atoms with Crippen LogP contribution < -0.4 is 0 Å². The lowest BCUT2D eigenvalue weighted by Crippen LogP contribution is -2.00. The average molecular weight is 590 g/mol. The first kappa shape index (κ1) is 26.7. The molecule has 0 bridgehead atoms. The van der Waals surface area contributed by atoms with Crippen molar-refractivity contribution in [3.8, 4) is 44.9 Å². The summed E-state index contributed by atoms with van der Waals surface area (Å²) in [6.45, 7) is 0. The third kappa shape index (κ3) is 4.50. The molecule has 0 saturated carbocycles. The van der Waals surface area contributed by atoms with Crippen LogP contribution in [0.3, 0.4) is 0 Å². The molecule has 0 N–H and O–H groups in total. The quantitative estimate of drug-likeness (QED) is 0.151. The smallest absolute Gasteiger partial charge is 0.194 e. The van der Waals surface area contributed by atoms with Gasteiger partial charge in [0.15, 0.2) is 17.5 Å². The molecule has 2 aromatic heterocycles. The summed E-state index contributed by atoms with van der Waals surface area (Å²) in [7, 11) is 0. The van der Waals surface area contributed by atoms with Crippen molar-refractivity contribution < 1.29 is 13.2 Å². The first-order valence-corrected chi connectivity index (χ1v) is 14.5. The fourth-order valence-electron chi connectivity index (χ4n) is 6.00. The molecule has 3 nitrogen and oxygen atoms in total. The Kier molecular flexibility index (Phi) is 6.34. The third-order valence-electron chi connectivity index (χ3n) is 8.04. The number of benzene rings is 6. The molecule has 6 heteroatoms. The van der Waals surface area contributed by atoms with Gasteiger partial charge in [-0.05, 0) is 35.4 Å². The van der Waals surface area contributed by atoms with E-state index in [2.05, 4.69) is 0 Å². The van der Waals surface area contributed by atoms with Crippen LogP contribution in [0.15, 0.2) is 133 Å². The number of pyridine rings is 1. The highest BCUT2D eigenvalue weighted by molar-refractivity contribution is 6.25. The van der Waals surface area contributed by atoms with E-state index in [1.807, 2.05) is 115 Å². The molecule has 0 saturated heterocycles. The van der Waals surface area contributed by atoms with E-state index in [9.17, 15) is 13.2 Å². The van der Waals surface area contributed by atoms with Crippen LogP contribution in [0.2, 0.25) is 0 Å². The topological polar surface area (TPSA) is 38.7 Å². The molecular weight excluding hydrogens is 567 g/mol. The minimum Gasteiger partial charge on any atom is -0.247 e. The second-order valence-electron chi connectivity index (χ2n) is 10.8. The number of fused-ring (bicyclic) bond motifs is 5. The Labute approximate surface area is 256 Å². The van der Waals surface area contributed by atoms with Crippen molar-refractivity contribution >= 4 is 32.7 Å². The largest absolute Gasteiger partial charge is 0.247 e. The summed E-state index contributed by atoms with van der Waals surface area (Å²) in [6, 6.07) is 40.8. The van der Waals surface area contributed by atoms with E-state index in [0.717, 1.165) is 45.1 Å². The zero-order chi connectivity index (χ0) is 30.5. The number of para-hydroxylation sites is 1. The monoisotopic (exact) mass is 589 g/mol. The van der Waals surface area contributed by atoms with E-state index >= 15 is 0 Å². The third-order valence-corrected chi connectivity index (χ3v) is 8.04. The Hall–Kier alpha value is -5.88. The van der Waals surface area contributed by atoms with Crippen LogP contribution in [0.25, 0.3) is 77.6 Å². The summed E-state index contributed by atoms with van der Waals surface area (Å²) in [6.07, 6.45) is 0. The Bertz CT molecular complexity index is 2370. The van der Waals surface area contributed by atoms with Gasteiger partial charge in [0.2, 0.25) is 0 Å². The van der Waals surface area contributed by atoms with Crippen LogP contribution in [-0.2, 0) is 0 Å². The lowest BCUT2D eigenvalue weighted by molar-refractivity contribution is 0.448. The lowest BCUT2D eigenvalue weighted by atomic mass is 9.91. The normalized spacial score (nSPS) is 11.4. The molecule has 0 unspecified atom stereocenters. The van der Waals surface area contributed by atoms with Gasteiger partial charge < -0.3 is 0 Å². The van der Waals surface area contributed by atoms with Gasteiger partial charge in [0.1, 0.15) is 0 Å². The Balaban J connectivity index is 1.61. The molecule has 8 aromatic rings. The SMILES string of the molecule is Fc1cc(-c2cc3nc(-c4ccccc4)c(-c4ccccc4)nc3c3c2c(-c2ccccc2)nc2ccccc23)cc(F)c1F. The van der Waals surface area contributed by atoms with Gasteiger partial charge in [-0.3, -0.25) is 0 Å². The van der Waals surface area contributed by atoms with Crippen molar-refractivity contribution in [3.05, 3.63) is 151 Å². The van der Waals surface area contributed by atoms with Gasteiger partial charge in [0, 0.05) is 32.8 Å². The molecule has 2 heterocycles. The first-order valence-electron chi connectivity index (χ1n) is 14.5. The van der Waals surface area contributed by atoms with Crippen molar-refractivity contribution in [2.75, 3.05) is 0 Å². The summed E-state index contributed by atoms with van der Waals surface area (Å²) in [5.41, 5.74) is 7.06. The fraction of sp³-hybridized carbons (Fsp3) is 0. The predicted molar refractivity (Wildman–Crippen MR) is 174 cm³/mol. The van der Waals surface area contributed by atoms with Gasteiger partial charge in [-0.25, -0.2) is 28.1 Å². The highest BCUT2D eigenvalue weighted by Crippen LogP contribution is 2.44. The molecule has 0 fully saturated rings. The number of hydrogen-bond acceptors (Lipinski definition) is 3. The van der Waals surface area contributed by atoms with Crippen LogP contribution in [-0.4, -0.2) is 15.0 Å². The maximum atomic E-state index is 14.8. The van der Waals surface area contributed by atoms with Crippen LogP contribution in [0.4, 0.5) is 13.2 Å². The molecule has 0 aliphatic heterocycles. The van der Waals surface area contributed by atoms with Gasteiger partial charge in [0.05, 0.1) is 33.6 Å². The van der Waals surface area contributed by atoms with Gasteiger partial charge in [0.25, 0.3) is 0 Å². The fourth-order valence-corrected chi connectivity index (χ4v) is 6.00. The molecule has 45 heavy (non-hydrogen) atoms. The summed E-state index contributed by atoms with van der Waals surface area (Å²) in [5, 5.41) is 2.18. The zero-order valence-electron chi connectivity index (χ0n) is 23.7. The van der Waals surface area contributed by atoms with E-state index in [0.29, 0.717) is 39.1 Å². The van der Waals surface area contributed by atoms with E-state index in [-0.39, 0.29) is 5.56 Å². The average Bonchev–Trinajstić information content (AvgIpc) is 3.10. The van der Waals surface area contributed by atoms with Gasteiger partial charge in [-0.1, -0.05) is 109 Å². The van der Waals surface area contributed by atoms with Crippen LogP contribution >= 0.6 is 0 Å². The van der Waals surface area contributed by atoms with Crippen molar-refractivity contribution in [3.63, 3.8) is 0 Å². The number of halogens is 3. The zero-order valence-corrected chi connectivity index (χ0v) is 23.7. The molecule has 0 radical (unpaired) electrons. The van der Waals surface area contributed by atoms with Crippen molar-refractivity contribution in [2.45, 2.75) is 0 Å². The molecule has 0 aliphatic rings. The Morgan fingerprint density at radius 2 is 0.889 bits per heavy atom. The second kappa shape index (κ2) is 10.7. The van der Waals surface area contributed by atoms with Crippen LogP contribution in [0.5, 0.6) is 0 Å². The highest BCUT2D eigenvalue weighted by atomic mass is 19.2. The minimum atomic E-state index is -1.52. The first-order chi connectivity index (χ1) is 22.1. The molecule has 6 aromatic carbocycles. The molecule has 0 spiro atoms. The maximum Gasteiger partial charge on any atom is 0.194 e. The number of rotatable bonds is 4. The second-order valence-corrected chi connectivity index (χ2v) is 10.8. The molecule has 0 atom stereocenters. The van der Waals surface area contributed by atoms with E-state index in [1.54, 1.807) is 6.07 Å². The Morgan fingerprint density at radius 3 is 1.49 bits per heavy atom. The van der Waals surface area contributed by atoms with Gasteiger partial charge in [-0.2, -0.15) is 0 Å². The number of aromatic nitrogens is 3. The standard InChI is InChI=1S/C39H22F3N3/c40-29-20-26(21-30(41)35(29)42)28-22-32-39(45-38(25-16-8-3-9-17-25)37(44-32)24-14-6-2-7-15-24)33-27-18-10-11-19-31(27)43-36(34(28)33)23-12-4-1-5-13-23/h1-22H. The van der Waals surface area contributed by atoms with Gasteiger partial charge in [-0.15, -0.1) is 0 Å². The summed E-state index contributed by atoms with van der Waals surface area (Å²) >= 11 is 0. The minimum absolute atomic E-state index is 0.169. The van der Waals surface area contributed by atoms with Crippen molar-refractivity contribution in [2.24, 2.45) is 0 Å². The lowest BCUT2D eigenvalue weighted by Gasteiger charge is -2.18. The highest BCUT2D eigenvalue weighted by Gasteiger charge is 2.23. The van der Waals surface area contributed by atoms with E-state index < -0.39 is 17.5 Å². The van der Waals surface area contributed by atoms with E-state index in [4.69, 9.17) is 15.0 Å². The molecule has 214 valence electrons. The van der Waals surface area contributed by atoms with Crippen molar-refractivity contribution in [1.29, 1.82) is 0 Å². The van der Waals surface area contributed by atoms with Crippen LogP contribution in [0.1, 0.15) is 0 Å². The molecule has 8 rings (SSSR count). The molecule has 0 aliphatic carbocycles. The van der Waals surface area contributed by atoms with Crippen LogP contribution in [0, 0.1) is 17.5 Å².